The molecule has 0 aromatic carbocycles. The van der Waals surface area contributed by atoms with Crippen LogP contribution < -0.4 is 0 Å². The molecule has 0 aromatic rings. The third-order valence-corrected chi connectivity index (χ3v) is 3.58. The van der Waals surface area contributed by atoms with Gasteiger partial charge >= 0.3 is 0 Å². The van der Waals surface area contributed by atoms with Crippen molar-refractivity contribution in [2.24, 2.45) is 11.8 Å². The van der Waals surface area contributed by atoms with Gasteiger partial charge in [0.15, 0.2) is 0 Å². The van der Waals surface area contributed by atoms with Crippen LogP contribution in [0.25, 0.3) is 0 Å². The summed E-state index contributed by atoms with van der Waals surface area (Å²) >= 11 is 0. The van der Waals surface area contributed by atoms with E-state index in [0.717, 1.165) is 12.8 Å². The summed E-state index contributed by atoms with van der Waals surface area (Å²) in [6.07, 6.45) is 1.96. The average molecular weight is 198 g/mol. The first-order valence-electron chi connectivity index (χ1n) is 5.65. The third kappa shape index (κ3) is 1.85. The highest BCUT2D eigenvalue weighted by atomic mass is 16.5. The van der Waals surface area contributed by atoms with E-state index in [1.54, 1.807) is 0 Å². The smallest absolute Gasteiger partial charge is 0.144 e. The van der Waals surface area contributed by atoms with Crippen molar-refractivity contribution in [1.29, 1.82) is 0 Å². The molecule has 0 radical (unpaired) electrons. The second-order valence-electron chi connectivity index (χ2n) is 4.81. The van der Waals surface area contributed by atoms with Gasteiger partial charge in [-0.15, -0.1) is 0 Å². The van der Waals surface area contributed by atoms with Crippen molar-refractivity contribution in [3.05, 3.63) is 0 Å². The number of carbonyl (C=O) groups excluding carboxylic acids is 1. The molecule has 0 bridgehead atoms. The Balaban J connectivity index is 2.88. The molecule has 0 aromatic heterocycles. The maximum absolute atomic E-state index is 12.1. The highest BCUT2D eigenvalue weighted by Crippen LogP contribution is 2.36. The first-order valence-corrected chi connectivity index (χ1v) is 5.65. The maximum Gasteiger partial charge on any atom is 0.144 e. The minimum Gasteiger partial charge on any atom is -0.371 e. The fourth-order valence-corrected chi connectivity index (χ4v) is 2.25. The van der Waals surface area contributed by atoms with Crippen LogP contribution in [0.3, 0.4) is 0 Å². The number of Topliss-reactive ketones (excluding diaryl/α,β-unsaturated/α-hetero) is 1. The molecule has 2 heteroatoms. The van der Waals surface area contributed by atoms with Crippen LogP contribution in [-0.4, -0.2) is 17.5 Å². The van der Waals surface area contributed by atoms with Gasteiger partial charge in [0.25, 0.3) is 0 Å². The summed E-state index contributed by atoms with van der Waals surface area (Å²) < 4.78 is 5.99. The van der Waals surface area contributed by atoms with Gasteiger partial charge in [0, 0.05) is 11.8 Å². The molecular weight excluding hydrogens is 176 g/mol. The van der Waals surface area contributed by atoms with Crippen molar-refractivity contribution in [3.8, 4) is 0 Å². The van der Waals surface area contributed by atoms with Gasteiger partial charge in [-0.1, -0.05) is 20.8 Å². The summed E-state index contributed by atoms with van der Waals surface area (Å²) in [5, 5.41) is 0. The number of hydrogen-bond donors (Lipinski definition) is 0. The van der Waals surface area contributed by atoms with E-state index in [0.29, 0.717) is 5.78 Å². The highest BCUT2D eigenvalue weighted by molar-refractivity contribution is 5.85. The van der Waals surface area contributed by atoms with Gasteiger partial charge in [-0.25, -0.2) is 0 Å². The van der Waals surface area contributed by atoms with Gasteiger partial charge in [-0.05, 0) is 26.7 Å². The first-order chi connectivity index (χ1) is 6.44. The molecule has 0 N–H and O–H groups in total. The normalized spacial score (nSPS) is 37.2. The van der Waals surface area contributed by atoms with E-state index in [1.807, 2.05) is 20.8 Å². The number of ketones is 1. The zero-order chi connectivity index (χ0) is 10.9. The molecule has 0 spiro atoms. The Morgan fingerprint density at radius 3 is 2.29 bits per heavy atom. The molecule has 3 unspecified atom stereocenters. The third-order valence-electron chi connectivity index (χ3n) is 3.58. The number of hydrogen-bond acceptors (Lipinski definition) is 2. The quantitative estimate of drug-likeness (QED) is 0.682. The van der Waals surface area contributed by atoms with Crippen molar-refractivity contribution >= 4 is 5.78 Å². The van der Waals surface area contributed by atoms with Crippen LogP contribution >= 0.6 is 0 Å². The maximum atomic E-state index is 12.1. The molecule has 1 saturated heterocycles. The van der Waals surface area contributed by atoms with Gasteiger partial charge in [-0.2, -0.15) is 0 Å². The SMILES string of the molecule is CCC1OC(C)(C)C(C)C(=O)C1CC. The van der Waals surface area contributed by atoms with Gasteiger partial charge < -0.3 is 4.74 Å². The molecule has 1 aliphatic heterocycles. The van der Waals surface area contributed by atoms with E-state index in [-0.39, 0.29) is 23.5 Å². The van der Waals surface area contributed by atoms with Gasteiger partial charge in [0.2, 0.25) is 0 Å². The van der Waals surface area contributed by atoms with Crippen molar-refractivity contribution in [1.82, 2.24) is 0 Å². The number of carbonyl (C=O) groups is 1. The molecule has 0 saturated carbocycles. The Hall–Kier alpha value is -0.370. The van der Waals surface area contributed by atoms with E-state index in [2.05, 4.69) is 13.8 Å². The molecule has 1 aliphatic rings. The molecule has 1 rings (SSSR count). The zero-order valence-electron chi connectivity index (χ0n) is 9.96. The van der Waals surface area contributed by atoms with Crippen molar-refractivity contribution in [3.63, 3.8) is 0 Å². The molecule has 0 aliphatic carbocycles. The Labute approximate surface area is 87.0 Å². The lowest BCUT2D eigenvalue weighted by atomic mass is 9.76. The minimum atomic E-state index is -0.288. The van der Waals surface area contributed by atoms with Crippen LogP contribution in [0.5, 0.6) is 0 Å². The Kier molecular flexibility index (Phi) is 3.36. The number of ether oxygens (including phenoxy) is 1. The monoisotopic (exact) mass is 198 g/mol. The predicted molar refractivity (Wildman–Crippen MR) is 57.2 cm³/mol. The van der Waals surface area contributed by atoms with Crippen LogP contribution in [0.1, 0.15) is 47.5 Å². The van der Waals surface area contributed by atoms with E-state index in [9.17, 15) is 4.79 Å². The minimum absolute atomic E-state index is 0.0234. The molecule has 1 heterocycles. The molecule has 0 amide bonds. The fraction of sp³-hybridized carbons (Fsp3) is 0.917. The second-order valence-corrected chi connectivity index (χ2v) is 4.81. The van der Waals surface area contributed by atoms with Gasteiger partial charge in [-0.3, -0.25) is 4.79 Å². The lowest BCUT2D eigenvalue weighted by molar-refractivity contribution is -0.178. The zero-order valence-corrected chi connectivity index (χ0v) is 9.96. The molecule has 82 valence electrons. The van der Waals surface area contributed by atoms with Gasteiger partial charge in [0.05, 0.1) is 11.7 Å². The molecule has 14 heavy (non-hydrogen) atoms. The summed E-state index contributed by atoms with van der Waals surface area (Å²) in [6, 6.07) is 0. The van der Waals surface area contributed by atoms with Crippen molar-refractivity contribution in [2.45, 2.75) is 59.2 Å². The molecule has 1 fully saturated rings. The average Bonchev–Trinajstić information content (AvgIpc) is 2.14. The molecular formula is C12H22O2. The lowest BCUT2D eigenvalue weighted by Gasteiger charge is -2.44. The Morgan fingerprint density at radius 2 is 1.86 bits per heavy atom. The summed E-state index contributed by atoms with van der Waals surface area (Å²) in [6.45, 7) is 10.2. The van der Waals surface area contributed by atoms with Crippen LogP contribution in [0, 0.1) is 11.8 Å². The van der Waals surface area contributed by atoms with E-state index >= 15 is 0 Å². The van der Waals surface area contributed by atoms with Crippen LogP contribution in [0.2, 0.25) is 0 Å². The van der Waals surface area contributed by atoms with E-state index in [1.165, 1.54) is 0 Å². The summed E-state index contributed by atoms with van der Waals surface area (Å²) in [5.74, 6) is 0.522. The van der Waals surface area contributed by atoms with Crippen LogP contribution in [0.15, 0.2) is 0 Å². The Bertz CT molecular complexity index is 220. The first kappa shape index (κ1) is 11.7. The summed E-state index contributed by atoms with van der Waals surface area (Å²) in [7, 11) is 0. The number of rotatable bonds is 2. The predicted octanol–water partition coefficient (Wildman–Crippen LogP) is 2.81. The van der Waals surface area contributed by atoms with E-state index in [4.69, 9.17) is 4.74 Å². The molecule has 3 atom stereocenters. The topological polar surface area (TPSA) is 26.3 Å². The second kappa shape index (κ2) is 4.01. The van der Waals surface area contributed by atoms with Crippen molar-refractivity contribution < 1.29 is 9.53 Å². The van der Waals surface area contributed by atoms with Crippen molar-refractivity contribution in [2.75, 3.05) is 0 Å². The summed E-state index contributed by atoms with van der Waals surface area (Å²) in [4.78, 5) is 12.1. The lowest BCUT2D eigenvalue weighted by Crippen LogP contribution is -2.52. The Morgan fingerprint density at radius 1 is 1.29 bits per heavy atom. The van der Waals surface area contributed by atoms with Gasteiger partial charge in [0.1, 0.15) is 5.78 Å². The fourth-order valence-electron chi connectivity index (χ4n) is 2.25. The van der Waals surface area contributed by atoms with Crippen LogP contribution in [-0.2, 0) is 9.53 Å². The molecule has 2 nitrogen and oxygen atoms in total. The largest absolute Gasteiger partial charge is 0.371 e. The summed E-state index contributed by atoms with van der Waals surface area (Å²) in [5.41, 5.74) is -0.288. The standard InChI is InChI=1S/C12H22O2/c1-6-9-10(7-2)14-12(4,5)8(3)11(9)13/h8-10H,6-7H2,1-5H3. The highest BCUT2D eigenvalue weighted by Gasteiger charge is 2.45. The van der Waals surface area contributed by atoms with Crippen LogP contribution in [0.4, 0.5) is 0 Å². The van der Waals surface area contributed by atoms with E-state index < -0.39 is 0 Å².